The molecular weight excluding hydrogens is 1470 g/mol. The number of primary amides is 1. The van der Waals surface area contributed by atoms with Crippen LogP contribution in [0.4, 0.5) is 16.2 Å². The van der Waals surface area contributed by atoms with Gasteiger partial charge in [0.15, 0.2) is 0 Å². The fraction of sp³-hybridized carbons (Fsp3) is 0.571. The van der Waals surface area contributed by atoms with Crippen LogP contribution < -0.4 is 81.1 Å². The number of urea groups is 1. The number of aldehydes is 1. The molecule has 113 heavy (non-hydrogen) atoms. The van der Waals surface area contributed by atoms with Crippen LogP contribution in [0.2, 0.25) is 0 Å². The molecule has 3 aromatic rings. The molecule has 1 aliphatic rings. The quantitative estimate of drug-likeness (QED) is 0.0122. The maximum atomic E-state index is 14.4. The van der Waals surface area contributed by atoms with Crippen LogP contribution in [-0.2, 0) is 87.7 Å². The molecule has 0 aliphatic heterocycles. The third-order valence-electron chi connectivity index (χ3n) is 17.8. The summed E-state index contributed by atoms with van der Waals surface area (Å²) in [6.07, 6.45) is 12.1. The van der Waals surface area contributed by atoms with Gasteiger partial charge in [0, 0.05) is 121 Å². The molecule has 4 atom stereocenters. The van der Waals surface area contributed by atoms with Crippen LogP contribution in [0.1, 0.15) is 152 Å². The van der Waals surface area contributed by atoms with Crippen LogP contribution in [0.3, 0.4) is 0 Å². The third-order valence-corrected chi connectivity index (χ3v) is 17.8. The molecule has 4 rings (SSSR count). The van der Waals surface area contributed by atoms with Gasteiger partial charge < -0.3 is 104 Å². The Morgan fingerprint density at radius 1 is 0.549 bits per heavy atom. The highest BCUT2D eigenvalue weighted by molar-refractivity contribution is 6.00. The number of nitrogens with one attached hydrogen (secondary N) is 12. The summed E-state index contributed by atoms with van der Waals surface area (Å²) in [4.78, 5) is 182. The third kappa shape index (κ3) is 43.9. The van der Waals surface area contributed by atoms with Gasteiger partial charge in [0.05, 0.1) is 65.3 Å². The number of benzene rings is 2. The molecule has 4 unspecified atom stereocenters. The molecule has 19 N–H and O–H groups in total. The topological polar surface area (TPSA) is 535 Å². The van der Waals surface area contributed by atoms with Gasteiger partial charge in [-0.25, -0.2) is 9.80 Å². The number of aryl methyl sites for hydroxylation is 1. The number of unbranched alkanes of at least 4 members (excludes halogenated alkanes) is 3. The van der Waals surface area contributed by atoms with E-state index in [-0.39, 0.29) is 193 Å². The van der Waals surface area contributed by atoms with Gasteiger partial charge in [0.2, 0.25) is 65.0 Å². The number of aromatic nitrogens is 1. The normalized spacial score (nSPS) is 13.3. The standard InChI is InChI=1S/C77H117N17O19/c1-55-15-3-4-17-60(55)92-76(109)88-59-26-23-56(24-27-59)51-70(102)90-62(19-6-11-37-83-65(97)28-25-57-16-14-35-81-52-57)73(106)91-63(20-13-22-71(103)104)74(107)93-77(33-8-2-9-34-77)75(108)87-41-46-113-50-49-112-44-39-85-67(99)30-29-66(98)84-38-43-110-47-48-111-45-40-86-68(100)31-32-69(101)89-61(72(79)105)18-5-10-36-82-64(96)21-7-12-42-94(80)53-58(78)54-95/h3-4,14-17,23-28,35,52,54,58,61-63H,2,5-13,18-22,29-34,36-51,53,78,80H2,1H3,(H2,79,105)(H,82,96)(H,83,97)(H,84,98)(H,85,99)(H,86,100)(H,87,108)(H,89,101)(H,90,102)(H,91,106)(H,93,107)(H,103,104)(H2,88,92,109). The minimum absolute atomic E-state index is 0.00942. The van der Waals surface area contributed by atoms with Gasteiger partial charge >= 0.3 is 12.0 Å². The van der Waals surface area contributed by atoms with E-state index >= 15 is 0 Å². The zero-order valence-corrected chi connectivity index (χ0v) is 64.8. The second-order valence-electron chi connectivity index (χ2n) is 27.1. The number of hydrazine groups is 1. The van der Waals surface area contributed by atoms with Gasteiger partial charge in [-0.1, -0.05) is 55.7 Å². The predicted octanol–water partition coefficient (Wildman–Crippen LogP) is 0.840. The number of hydrogen-bond donors (Lipinski definition) is 16. The van der Waals surface area contributed by atoms with E-state index in [1.807, 2.05) is 19.1 Å². The molecule has 36 nitrogen and oxygen atoms in total. The second-order valence-corrected chi connectivity index (χ2v) is 27.1. The number of carbonyl (C=O) groups excluding carboxylic acids is 13. The molecule has 0 spiro atoms. The summed E-state index contributed by atoms with van der Waals surface area (Å²) in [5.41, 5.74) is 12.9. The highest BCUT2D eigenvalue weighted by atomic mass is 16.5. The molecule has 624 valence electrons. The van der Waals surface area contributed by atoms with E-state index < -0.39 is 83.1 Å². The van der Waals surface area contributed by atoms with Crippen LogP contribution in [0.15, 0.2) is 79.1 Å². The molecule has 1 aliphatic carbocycles. The van der Waals surface area contributed by atoms with Crippen molar-refractivity contribution in [2.75, 3.05) is 116 Å². The monoisotopic (exact) mass is 1580 g/mol. The van der Waals surface area contributed by atoms with Crippen LogP contribution >= 0.6 is 0 Å². The Labute approximate surface area is 659 Å². The van der Waals surface area contributed by atoms with Crippen molar-refractivity contribution in [1.82, 2.24) is 63.2 Å². The van der Waals surface area contributed by atoms with Crippen molar-refractivity contribution in [3.63, 3.8) is 0 Å². The first-order chi connectivity index (χ1) is 54.4. The minimum Gasteiger partial charge on any atom is -0.481 e. The van der Waals surface area contributed by atoms with Crippen molar-refractivity contribution in [2.24, 2.45) is 17.3 Å². The number of pyridine rings is 1. The summed E-state index contributed by atoms with van der Waals surface area (Å²) in [6, 6.07) is 12.9. The Bertz CT molecular complexity index is 3480. The van der Waals surface area contributed by atoms with Gasteiger partial charge in [-0.2, -0.15) is 0 Å². The first kappa shape index (κ1) is 95.0. The fourth-order valence-corrected chi connectivity index (χ4v) is 11.6. The number of carbonyl (C=O) groups is 14. The zero-order valence-electron chi connectivity index (χ0n) is 64.8. The van der Waals surface area contributed by atoms with E-state index in [0.717, 1.165) is 17.5 Å². The maximum absolute atomic E-state index is 14.4. The van der Waals surface area contributed by atoms with Crippen LogP contribution in [0.25, 0.3) is 6.08 Å². The predicted molar refractivity (Wildman–Crippen MR) is 419 cm³/mol. The highest BCUT2D eigenvalue weighted by Crippen LogP contribution is 2.29. The molecule has 1 fully saturated rings. The average Bonchev–Trinajstić information content (AvgIpc) is 0.806. The van der Waals surface area contributed by atoms with E-state index in [1.54, 1.807) is 67.0 Å². The Kier molecular flexibility index (Phi) is 47.7. The Morgan fingerprint density at radius 3 is 1.66 bits per heavy atom. The Balaban J connectivity index is 1.08. The SMILES string of the molecule is Cc1ccccc1NC(=O)Nc1ccc(CC(=O)NC(CCCCNC(=O)C=Cc2cccnc2)C(=O)NC(CCCC(=O)O)C(=O)NC2(C(=O)NCCOCCOCCNC(=O)CCC(=O)NCCOCCOCCNC(=O)CCC(=O)NC(CCCCNC(=O)CCCCN(N)CC(N)C=O)C(N)=O)CCCCC2)cc1. The van der Waals surface area contributed by atoms with E-state index in [1.165, 1.54) is 11.1 Å². The number of carboxylic acid groups (broad SMARTS) is 1. The summed E-state index contributed by atoms with van der Waals surface area (Å²) in [7, 11) is 0. The maximum Gasteiger partial charge on any atom is 0.323 e. The number of nitrogens with zero attached hydrogens (tertiary/aromatic N) is 2. The van der Waals surface area contributed by atoms with Crippen molar-refractivity contribution in [3.8, 4) is 0 Å². The van der Waals surface area contributed by atoms with Crippen LogP contribution in [-0.4, -0.2) is 233 Å². The second kappa shape index (κ2) is 56.8. The number of aliphatic carboxylic acids is 1. The number of rotatable bonds is 60. The summed E-state index contributed by atoms with van der Waals surface area (Å²) in [5, 5.41) is 44.1. The number of anilines is 2. The summed E-state index contributed by atoms with van der Waals surface area (Å²) in [6.45, 7) is 5.16. The van der Waals surface area contributed by atoms with Gasteiger partial charge in [0.1, 0.15) is 30.0 Å². The lowest BCUT2D eigenvalue weighted by Crippen LogP contribution is -2.63. The molecule has 0 bridgehead atoms. The fourth-order valence-electron chi connectivity index (χ4n) is 11.6. The Hall–Kier alpha value is -10.4. The van der Waals surface area contributed by atoms with E-state index in [2.05, 4.69) is 68.8 Å². The van der Waals surface area contributed by atoms with Crippen molar-refractivity contribution in [3.05, 3.63) is 95.8 Å². The van der Waals surface area contributed by atoms with Crippen molar-refractivity contribution in [1.29, 1.82) is 0 Å². The van der Waals surface area contributed by atoms with E-state index in [0.29, 0.717) is 94.1 Å². The molecule has 13 amide bonds. The summed E-state index contributed by atoms with van der Waals surface area (Å²) >= 11 is 0. The van der Waals surface area contributed by atoms with Crippen molar-refractivity contribution in [2.45, 2.75) is 178 Å². The number of hydrogen-bond acceptors (Lipinski definition) is 22. The molecule has 1 aromatic heterocycles. The minimum atomic E-state index is -1.37. The molecule has 1 saturated carbocycles. The van der Waals surface area contributed by atoms with Crippen molar-refractivity contribution >= 4 is 101 Å². The lowest BCUT2D eigenvalue weighted by Gasteiger charge is -2.38. The van der Waals surface area contributed by atoms with Gasteiger partial charge in [-0.05, 0) is 131 Å². The molecule has 36 heteroatoms. The smallest absolute Gasteiger partial charge is 0.323 e. The molecular formula is C77H117N17O19. The number of amides is 13. The van der Waals surface area contributed by atoms with Gasteiger partial charge in [0.25, 0.3) is 0 Å². The number of para-hydroxylation sites is 1. The first-order valence-corrected chi connectivity index (χ1v) is 38.6. The lowest BCUT2D eigenvalue weighted by atomic mass is 9.80. The zero-order chi connectivity index (χ0) is 82.3. The molecule has 0 saturated heterocycles. The highest BCUT2D eigenvalue weighted by Gasteiger charge is 2.42. The van der Waals surface area contributed by atoms with Crippen LogP contribution in [0.5, 0.6) is 0 Å². The molecule has 1 heterocycles. The molecule has 0 radical (unpaired) electrons. The van der Waals surface area contributed by atoms with Gasteiger partial charge in [-0.15, -0.1) is 0 Å². The largest absolute Gasteiger partial charge is 0.481 e. The number of ether oxygens (including phenoxy) is 4. The van der Waals surface area contributed by atoms with Gasteiger partial charge in [-0.3, -0.25) is 68.4 Å². The first-order valence-electron chi connectivity index (χ1n) is 38.6. The summed E-state index contributed by atoms with van der Waals surface area (Å²) in [5.74, 6) is -0.563. The number of carboxylic acids is 1. The molecule has 2 aromatic carbocycles. The average molecular weight is 1580 g/mol. The van der Waals surface area contributed by atoms with E-state index in [4.69, 9.17) is 36.3 Å². The lowest BCUT2D eigenvalue weighted by molar-refractivity contribution is -0.138. The summed E-state index contributed by atoms with van der Waals surface area (Å²) < 4.78 is 22.2. The number of nitrogens with two attached hydrogens (primary N) is 3. The Morgan fingerprint density at radius 2 is 1.09 bits per heavy atom. The van der Waals surface area contributed by atoms with E-state index in [9.17, 15) is 72.2 Å². The van der Waals surface area contributed by atoms with Crippen LogP contribution in [0, 0.1) is 6.92 Å². The van der Waals surface area contributed by atoms with Crippen molar-refractivity contribution < 1.29 is 91.2 Å².